The van der Waals surface area contributed by atoms with Crippen LogP contribution in [-0.2, 0) is 4.74 Å². The normalized spacial score (nSPS) is 24.1. The van der Waals surface area contributed by atoms with Gasteiger partial charge < -0.3 is 14.7 Å². The third-order valence-corrected chi connectivity index (χ3v) is 5.00. The van der Waals surface area contributed by atoms with Crippen molar-refractivity contribution in [3.63, 3.8) is 0 Å². The molecule has 1 unspecified atom stereocenters. The van der Waals surface area contributed by atoms with E-state index in [0.717, 1.165) is 6.20 Å². The van der Waals surface area contributed by atoms with Crippen LogP contribution in [-0.4, -0.2) is 53.5 Å². The minimum absolute atomic E-state index is 0.00807. The fourth-order valence-corrected chi connectivity index (χ4v) is 3.75. The van der Waals surface area contributed by atoms with E-state index in [1.54, 1.807) is 4.90 Å². The van der Waals surface area contributed by atoms with E-state index < -0.39 is 23.5 Å². The maximum Gasteiger partial charge on any atom is 0.392 e. The van der Waals surface area contributed by atoms with Gasteiger partial charge in [-0.3, -0.25) is 0 Å². The Balaban J connectivity index is 1.84. The molecule has 0 amide bonds. The summed E-state index contributed by atoms with van der Waals surface area (Å²) >= 11 is 0. The van der Waals surface area contributed by atoms with Crippen LogP contribution in [0.2, 0.25) is 0 Å². The molecular formula is C15H18F3N3O3. The van der Waals surface area contributed by atoms with Crippen LogP contribution in [0.4, 0.5) is 19.0 Å². The number of nitrogens with zero attached hydrogens (tertiary/aromatic N) is 3. The number of halogens is 3. The molecule has 2 aliphatic rings. The lowest BCUT2D eigenvalue weighted by molar-refractivity contribution is -0.223. The number of hydrogen-bond acceptors (Lipinski definition) is 5. The standard InChI is InChI=1S/C15H18F3N3O3/c16-15(17,18)11-1-4-21(9-14(11)2-5-24-6-3-14)12-8-19-10(7-20-12)13(22)23/h7-8,11H,1-6,9H2,(H,22,23). The highest BCUT2D eigenvalue weighted by Crippen LogP contribution is 2.51. The van der Waals surface area contributed by atoms with Gasteiger partial charge in [-0.2, -0.15) is 13.2 Å². The first-order valence-electron chi connectivity index (χ1n) is 7.77. The predicted octanol–water partition coefficient (Wildman–Crippen LogP) is 2.36. The first kappa shape index (κ1) is 16.9. The summed E-state index contributed by atoms with van der Waals surface area (Å²) < 4.78 is 45.7. The molecule has 0 saturated carbocycles. The second kappa shape index (κ2) is 6.19. The van der Waals surface area contributed by atoms with Crippen molar-refractivity contribution in [2.45, 2.75) is 25.4 Å². The molecule has 1 atom stereocenters. The maximum atomic E-state index is 13.5. The lowest BCUT2D eigenvalue weighted by Crippen LogP contribution is -2.55. The molecular weight excluding hydrogens is 327 g/mol. The molecule has 2 saturated heterocycles. The second-order valence-electron chi connectivity index (χ2n) is 6.34. The molecule has 1 N–H and O–H groups in total. The van der Waals surface area contributed by atoms with Crippen LogP contribution in [0.5, 0.6) is 0 Å². The summed E-state index contributed by atoms with van der Waals surface area (Å²) in [6.07, 6.45) is -1.09. The molecule has 0 bridgehead atoms. The number of piperidine rings is 1. The fourth-order valence-electron chi connectivity index (χ4n) is 3.75. The third-order valence-electron chi connectivity index (χ3n) is 5.00. The van der Waals surface area contributed by atoms with E-state index in [4.69, 9.17) is 9.84 Å². The number of alkyl halides is 3. The fraction of sp³-hybridized carbons (Fsp3) is 0.667. The molecule has 1 aromatic heterocycles. The smallest absolute Gasteiger partial charge is 0.392 e. The van der Waals surface area contributed by atoms with Crippen molar-refractivity contribution in [3.8, 4) is 0 Å². The Morgan fingerprint density at radius 3 is 2.54 bits per heavy atom. The summed E-state index contributed by atoms with van der Waals surface area (Å²) in [5, 5.41) is 8.85. The average Bonchev–Trinajstić information content (AvgIpc) is 2.54. The summed E-state index contributed by atoms with van der Waals surface area (Å²) in [6, 6.07) is 0. The van der Waals surface area contributed by atoms with Crippen molar-refractivity contribution < 1.29 is 27.8 Å². The SMILES string of the molecule is O=C(O)c1cnc(N2CCC(C(F)(F)F)C3(CCOCC3)C2)cn1. The first-order chi connectivity index (χ1) is 11.3. The maximum absolute atomic E-state index is 13.5. The molecule has 0 aliphatic carbocycles. The van der Waals surface area contributed by atoms with Crippen LogP contribution >= 0.6 is 0 Å². The molecule has 1 spiro atoms. The van der Waals surface area contributed by atoms with E-state index in [1.165, 1.54) is 6.20 Å². The topological polar surface area (TPSA) is 75.5 Å². The number of ether oxygens (including phenoxy) is 1. The number of aromatic carboxylic acids is 1. The molecule has 2 fully saturated rings. The van der Waals surface area contributed by atoms with Gasteiger partial charge >= 0.3 is 12.1 Å². The average molecular weight is 345 g/mol. The van der Waals surface area contributed by atoms with Gasteiger partial charge in [0.15, 0.2) is 5.69 Å². The minimum atomic E-state index is -4.23. The van der Waals surface area contributed by atoms with Crippen LogP contribution in [0.1, 0.15) is 29.8 Å². The number of hydrogen-bond donors (Lipinski definition) is 1. The van der Waals surface area contributed by atoms with Gasteiger partial charge in [0, 0.05) is 31.7 Å². The van der Waals surface area contributed by atoms with Gasteiger partial charge in [-0.05, 0) is 19.3 Å². The molecule has 3 heterocycles. The van der Waals surface area contributed by atoms with Crippen molar-refractivity contribution in [3.05, 3.63) is 18.1 Å². The van der Waals surface area contributed by atoms with Crippen molar-refractivity contribution in [2.24, 2.45) is 11.3 Å². The molecule has 6 nitrogen and oxygen atoms in total. The van der Waals surface area contributed by atoms with Gasteiger partial charge in [0.25, 0.3) is 0 Å². The van der Waals surface area contributed by atoms with Crippen LogP contribution in [0.25, 0.3) is 0 Å². The lowest BCUT2D eigenvalue weighted by Gasteiger charge is -2.50. The molecule has 0 radical (unpaired) electrons. The van der Waals surface area contributed by atoms with Crippen molar-refractivity contribution in [1.29, 1.82) is 0 Å². The van der Waals surface area contributed by atoms with E-state index >= 15 is 0 Å². The van der Waals surface area contributed by atoms with Gasteiger partial charge in [0.2, 0.25) is 0 Å². The highest BCUT2D eigenvalue weighted by atomic mass is 19.4. The van der Waals surface area contributed by atoms with Gasteiger partial charge in [-0.25, -0.2) is 14.8 Å². The largest absolute Gasteiger partial charge is 0.476 e. The van der Waals surface area contributed by atoms with E-state index in [2.05, 4.69) is 9.97 Å². The Morgan fingerprint density at radius 2 is 2.00 bits per heavy atom. The summed E-state index contributed by atoms with van der Waals surface area (Å²) in [6.45, 7) is 1.09. The van der Waals surface area contributed by atoms with E-state index in [9.17, 15) is 18.0 Å². The monoisotopic (exact) mass is 345 g/mol. The highest BCUT2D eigenvalue weighted by Gasteiger charge is 2.56. The highest BCUT2D eigenvalue weighted by molar-refractivity contribution is 5.84. The zero-order valence-corrected chi connectivity index (χ0v) is 12.9. The van der Waals surface area contributed by atoms with E-state index in [-0.39, 0.29) is 25.2 Å². The Morgan fingerprint density at radius 1 is 1.29 bits per heavy atom. The van der Waals surface area contributed by atoms with E-state index in [1.807, 2.05) is 0 Å². The Hall–Kier alpha value is -1.90. The zero-order chi connectivity index (χ0) is 17.4. The van der Waals surface area contributed by atoms with Gasteiger partial charge in [0.05, 0.1) is 18.3 Å². The van der Waals surface area contributed by atoms with Gasteiger partial charge in [-0.15, -0.1) is 0 Å². The third kappa shape index (κ3) is 3.17. The molecule has 2 aliphatic heterocycles. The number of carbonyl (C=O) groups is 1. The number of carboxylic acids is 1. The number of rotatable bonds is 2. The number of aromatic nitrogens is 2. The zero-order valence-electron chi connectivity index (χ0n) is 12.9. The molecule has 24 heavy (non-hydrogen) atoms. The Kier molecular flexibility index (Phi) is 4.37. The molecule has 9 heteroatoms. The molecule has 132 valence electrons. The Bertz CT molecular complexity index is 600. The number of anilines is 1. The van der Waals surface area contributed by atoms with Crippen LogP contribution in [0.15, 0.2) is 12.4 Å². The quantitative estimate of drug-likeness (QED) is 0.887. The van der Waals surface area contributed by atoms with Crippen molar-refractivity contribution >= 4 is 11.8 Å². The number of carboxylic acid groups (broad SMARTS) is 1. The second-order valence-corrected chi connectivity index (χ2v) is 6.34. The van der Waals surface area contributed by atoms with Crippen LogP contribution in [0.3, 0.4) is 0 Å². The van der Waals surface area contributed by atoms with Crippen LogP contribution < -0.4 is 4.90 Å². The first-order valence-corrected chi connectivity index (χ1v) is 7.77. The van der Waals surface area contributed by atoms with Gasteiger partial charge in [-0.1, -0.05) is 0 Å². The van der Waals surface area contributed by atoms with Crippen LogP contribution in [0, 0.1) is 11.3 Å². The molecule has 0 aromatic carbocycles. The molecule has 3 rings (SSSR count). The summed E-state index contributed by atoms with van der Waals surface area (Å²) in [4.78, 5) is 20.5. The molecule has 1 aromatic rings. The minimum Gasteiger partial charge on any atom is -0.476 e. The predicted molar refractivity (Wildman–Crippen MR) is 77.9 cm³/mol. The van der Waals surface area contributed by atoms with E-state index in [0.29, 0.717) is 31.9 Å². The lowest BCUT2D eigenvalue weighted by atomic mass is 9.66. The summed E-state index contributed by atoms with van der Waals surface area (Å²) in [5.74, 6) is -2.13. The van der Waals surface area contributed by atoms with Crippen molar-refractivity contribution in [2.75, 3.05) is 31.2 Å². The Labute approximate surface area is 136 Å². The summed E-state index contributed by atoms with van der Waals surface area (Å²) in [5.41, 5.74) is -1.08. The summed E-state index contributed by atoms with van der Waals surface area (Å²) in [7, 11) is 0. The van der Waals surface area contributed by atoms with Crippen molar-refractivity contribution in [1.82, 2.24) is 9.97 Å². The van der Waals surface area contributed by atoms with Gasteiger partial charge in [0.1, 0.15) is 5.82 Å².